The molecule has 0 saturated carbocycles. The number of pyridine rings is 1. The molecule has 6 heteroatoms. The van der Waals surface area contributed by atoms with Gasteiger partial charge in [0.15, 0.2) is 0 Å². The van der Waals surface area contributed by atoms with Crippen molar-refractivity contribution < 1.29 is 4.74 Å². The van der Waals surface area contributed by atoms with Gasteiger partial charge in [-0.2, -0.15) is 5.10 Å². The molecule has 0 N–H and O–H groups in total. The zero-order valence-electron chi connectivity index (χ0n) is 16.7. The maximum atomic E-state index is 11.9. The summed E-state index contributed by atoms with van der Waals surface area (Å²) >= 11 is 6.51. The second-order valence-corrected chi connectivity index (χ2v) is 7.71. The van der Waals surface area contributed by atoms with Gasteiger partial charge in [0.2, 0.25) is 0 Å². The quantitative estimate of drug-likeness (QED) is 0.549. The fourth-order valence-corrected chi connectivity index (χ4v) is 3.11. The van der Waals surface area contributed by atoms with Crippen molar-refractivity contribution >= 4 is 11.6 Å². The van der Waals surface area contributed by atoms with Crippen LogP contribution >= 0.6 is 11.6 Å². The van der Waals surface area contributed by atoms with E-state index in [1.807, 2.05) is 37.5 Å². The number of hydrogen-bond donors (Lipinski definition) is 0. The van der Waals surface area contributed by atoms with Gasteiger partial charge in [-0.25, -0.2) is 4.68 Å². The zero-order chi connectivity index (χ0) is 20.3. The van der Waals surface area contributed by atoms with Gasteiger partial charge in [-0.3, -0.25) is 4.79 Å². The Morgan fingerprint density at radius 3 is 2.61 bits per heavy atom. The SMILES string of the molecule is CCCn1cc(-n2cc(-c3ccc(O[C@H](C)C(C)C)cc3Cl)cn2)ccc1=O. The summed E-state index contributed by atoms with van der Waals surface area (Å²) in [5.41, 5.74) is 2.62. The first-order valence-corrected chi connectivity index (χ1v) is 9.99. The first kappa shape index (κ1) is 20.2. The van der Waals surface area contributed by atoms with Crippen molar-refractivity contribution in [2.45, 2.75) is 46.8 Å². The van der Waals surface area contributed by atoms with E-state index < -0.39 is 0 Å². The molecule has 0 spiro atoms. The maximum Gasteiger partial charge on any atom is 0.250 e. The van der Waals surface area contributed by atoms with E-state index in [2.05, 4.69) is 25.9 Å². The summed E-state index contributed by atoms with van der Waals surface area (Å²) in [6.45, 7) is 9.02. The van der Waals surface area contributed by atoms with Gasteiger partial charge in [-0.1, -0.05) is 32.4 Å². The minimum Gasteiger partial charge on any atom is -0.490 e. The third-order valence-corrected chi connectivity index (χ3v) is 5.10. The smallest absolute Gasteiger partial charge is 0.250 e. The molecule has 0 aliphatic carbocycles. The summed E-state index contributed by atoms with van der Waals surface area (Å²) in [6.07, 6.45) is 6.52. The van der Waals surface area contributed by atoms with Crippen molar-refractivity contribution in [1.29, 1.82) is 0 Å². The van der Waals surface area contributed by atoms with Crippen molar-refractivity contribution in [2.24, 2.45) is 5.92 Å². The molecule has 0 saturated heterocycles. The van der Waals surface area contributed by atoms with Crippen LogP contribution in [0.15, 0.2) is 53.7 Å². The molecule has 1 aromatic carbocycles. The lowest BCUT2D eigenvalue weighted by atomic mass is 10.1. The van der Waals surface area contributed by atoms with Gasteiger partial charge < -0.3 is 9.30 Å². The number of aryl methyl sites for hydroxylation is 1. The van der Waals surface area contributed by atoms with Gasteiger partial charge in [0.25, 0.3) is 5.56 Å². The van der Waals surface area contributed by atoms with Gasteiger partial charge in [0.05, 0.1) is 23.0 Å². The Bertz CT molecular complexity index is 1010. The standard InChI is InChI=1S/C22H26ClN3O2/c1-5-10-25-14-18(6-9-22(25)27)26-13-17(12-24-26)20-8-7-19(11-21(20)23)28-16(4)15(2)3/h6-9,11-16H,5,10H2,1-4H3/t16-/m1/s1. The summed E-state index contributed by atoms with van der Waals surface area (Å²) < 4.78 is 9.38. The Morgan fingerprint density at radius 1 is 1.14 bits per heavy atom. The van der Waals surface area contributed by atoms with Crippen molar-refractivity contribution in [3.05, 3.63) is 64.3 Å². The Balaban J connectivity index is 1.86. The summed E-state index contributed by atoms with van der Waals surface area (Å²) in [6, 6.07) is 9.07. The minimum atomic E-state index is -0.00719. The highest BCUT2D eigenvalue weighted by molar-refractivity contribution is 6.33. The molecule has 2 aromatic heterocycles. The van der Waals surface area contributed by atoms with E-state index in [0.29, 0.717) is 17.5 Å². The van der Waals surface area contributed by atoms with Crippen LogP contribution in [0.1, 0.15) is 34.1 Å². The largest absolute Gasteiger partial charge is 0.490 e. The molecule has 0 bridgehead atoms. The molecule has 0 fully saturated rings. The van der Waals surface area contributed by atoms with Gasteiger partial charge in [-0.15, -0.1) is 0 Å². The number of nitrogens with zero attached hydrogens (tertiary/aromatic N) is 3. The molecular weight excluding hydrogens is 374 g/mol. The lowest BCUT2D eigenvalue weighted by molar-refractivity contribution is 0.170. The normalized spacial score (nSPS) is 12.4. The molecule has 0 aliphatic heterocycles. The van der Waals surface area contributed by atoms with E-state index in [1.165, 1.54) is 0 Å². The van der Waals surface area contributed by atoms with Crippen LogP contribution in [0.3, 0.4) is 0 Å². The average molecular weight is 400 g/mol. The Hall–Kier alpha value is -2.53. The van der Waals surface area contributed by atoms with E-state index in [9.17, 15) is 4.79 Å². The van der Waals surface area contributed by atoms with Crippen LogP contribution in [-0.4, -0.2) is 20.5 Å². The molecule has 2 heterocycles. The number of rotatable bonds is 7. The highest BCUT2D eigenvalue weighted by Gasteiger charge is 2.12. The van der Waals surface area contributed by atoms with Crippen molar-refractivity contribution in [1.82, 2.24) is 14.3 Å². The van der Waals surface area contributed by atoms with Crippen LogP contribution in [0.5, 0.6) is 5.75 Å². The molecule has 0 radical (unpaired) electrons. The average Bonchev–Trinajstić information content (AvgIpc) is 3.13. The molecule has 148 valence electrons. The van der Waals surface area contributed by atoms with Crippen LogP contribution in [0.25, 0.3) is 16.8 Å². The van der Waals surface area contributed by atoms with E-state index in [0.717, 1.165) is 29.0 Å². The van der Waals surface area contributed by atoms with Gasteiger partial charge in [0, 0.05) is 36.1 Å². The lowest BCUT2D eigenvalue weighted by Gasteiger charge is -2.18. The molecule has 5 nitrogen and oxygen atoms in total. The lowest BCUT2D eigenvalue weighted by Crippen LogP contribution is -2.19. The topological polar surface area (TPSA) is 49.0 Å². The van der Waals surface area contributed by atoms with Crippen LogP contribution in [-0.2, 0) is 6.54 Å². The first-order valence-electron chi connectivity index (χ1n) is 9.61. The van der Waals surface area contributed by atoms with Crippen LogP contribution in [0, 0.1) is 5.92 Å². The zero-order valence-corrected chi connectivity index (χ0v) is 17.5. The number of benzene rings is 1. The number of aromatic nitrogens is 3. The predicted octanol–water partition coefficient (Wildman–Crippen LogP) is 5.19. The number of ether oxygens (including phenoxy) is 1. The fraction of sp³-hybridized carbons (Fsp3) is 0.364. The van der Waals surface area contributed by atoms with Crippen LogP contribution < -0.4 is 10.3 Å². The van der Waals surface area contributed by atoms with Crippen LogP contribution in [0.4, 0.5) is 0 Å². The van der Waals surface area contributed by atoms with Crippen molar-refractivity contribution in [3.63, 3.8) is 0 Å². The highest BCUT2D eigenvalue weighted by atomic mass is 35.5. The summed E-state index contributed by atoms with van der Waals surface area (Å²) in [5, 5.41) is 5.06. The van der Waals surface area contributed by atoms with E-state index in [1.54, 1.807) is 27.6 Å². The molecule has 3 rings (SSSR count). The molecule has 3 aromatic rings. The number of halogens is 1. The highest BCUT2D eigenvalue weighted by Crippen LogP contribution is 2.32. The molecule has 0 unspecified atom stereocenters. The third kappa shape index (κ3) is 4.47. The number of hydrogen-bond acceptors (Lipinski definition) is 3. The summed E-state index contributed by atoms with van der Waals surface area (Å²) in [4.78, 5) is 11.9. The molecule has 1 atom stereocenters. The van der Waals surface area contributed by atoms with Crippen molar-refractivity contribution in [3.8, 4) is 22.6 Å². The third-order valence-electron chi connectivity index (χ3n) is 4.79. The molecule has 0 amide bonds. The predicted molar refractivity (Wildman–Crippen MR) is 113 cm³/mol. The Kier molecular flexibility index (Phi) is 6.25. The Morgan fingerprint density at radius 2 is 1.93 bits per heavy atom. The van der Waals surface area contributed by atoms with E-state index in [-0.39, 0.29) is 11.7 Å². The second kappa shape index (κ2) is 8.65. The molecular formula is C22H26ClN3O2. The van der Waals surface area contributed by atoms with Gasteiger partial charge in [0.1, 0.15) is 5.75 Å². The van der Waals surface area contributed by atoms with Gasteiger partial charge in [-0.05, 0) is 43.5 Å². The molecule has 28 heavy (non-hydrogen) atoms. The van der Waals surface area contributed by atoms with Crippen LogP contribution in [0.2, 0.25) is 5.02 Å². The maximum absolute atomic E-state index is 11.9. The summed E-state index contributed by atoms with van der Waals surface area (Å²) in [7, 11) is 0. The second-order valence-electron chi connectivity index (χ2n) is 7.30. The van der Waals surface area contributed by atoms with Crippen molar-refractivity contribution in [2.75, 3.05) is 0 Å². The van der Waals surface area contributed by atoms with Gasteiger partial charge >= 0.3 is 0 Å². The molecule has 0 aliphatic rings. The minimum absolute atomic E-state index is 0.00719. The summed E-state index contributed by atoms with van der Waals surface area (Å²) in [5.74, 6) is 1.18. The Labute approximate surface area is 170 Å². The van der Waals surface area contributed by atoms with E-state index >= 15 is 0 Å². The monoisotopic (exact) mass is 399 g/mol. The van der Waals surface area contributed by atoms with E-state index in [4.69, 9.17) is 16.3 Å². The first-order chi connectivity index (χ1) is 13.4. The fourth-order valence-electron chi connectivity index (χ4n) is 2.83.